The number of imidazole rings is 1. The van der Waals surface area contributed by atoms with Gasteiger partial charge in [0.15, 0.2) is 17.0 Å². The molecule has 3 atom stereocenters. The highest BCUT2D eigenvalue weighted by atomic mass is 32.2. The monoisotopic (exact) mass is 1000 g/mol. The molecule has 3 aromatic rings. The Kier molecular flexibility index (Phi) is 23.6. The molecule has 1 aliphatic heterocycles. The fourth-order valence-corrected chi connectivity index (χ4v) is 9.91. The highest BCUT2D eigenvalue weighted by Gasteiger charge is 2.40. The summed E-state index contributed by atoms with van der Waals surface area (Å²) in [6, 6.07) is 6.64. The van der Waals surface area contributed by atoms with Gasteiger partial charge in [0, 0.05) is 50.1 Å². The lowest BCUT2D eigenvalue weighted by Crippen LogP contribution is -2.39. The maximum absolute atomic E-state index is 13.2. The molecule has 0 bridgehead atoms. The number of nitrogen functional groups attached to an aromatic ring is 1. The summed E-state index contributed by atoms with van der Waals surface area (Å²) >= 11 is 1.26. The number of nitrogens with zero attached hydrogens (tertiary/aromatic N) is 5. The number of carbonyl (C=O) groups is 6. The van der Waals surface area contributed by atoms with Gasteiger partial charge in [-0.1, -0.05) is 71.4 Å². The van der Waals surface area contributed by atoms with Crippen LogP contribution in [-0.2, 0) is 30.5 Å². The highest BCUT2D eigenvalue weighted by molar-refractivity contribution is 8.01. The van der Waals surface area contributed by atoms with Gasteiger partial charge in [-0.2, -0.15) is 15.0 Å². The number of thioether (sulfide) groups is 1. The minimum absolute atomic E-state index is 0.0530. The zero-order valence-electron chi connectivity index (χ0n) is 42.5. The second kappa shape index (κ2) is 29.7. The molecule has 5 rings (SSSR count). The molecule has 2 aliphatic rings. The number of hydrogen-bond donors (Lipinski definition) is 8. The molecule has 3 unspecified atom stereocenters. The molecule has 19 nitrogen and oxygen atoms in total. The summed E-state index contributed by atoms with van der Waals surface area (Å²) in [4.78, 5) is 90.9. The second-order valence-electron chi connectivity index (χ2n) is 19.4. The smallest absolute Gasteiger partial charge is 0.296 e. The van der Waals surface area contributed by atoms with Crippen molar-refractivity contribution in [3.8, 4) is 6.01 Å². The number of fused-ring (bicyclic) bond motifs is 1. The number of nitrogens with two attached hydrogens (primary N) is 1. The van der Waals surface area contributed by atoms with Gasteiger partial charge in [-0.25, -0.2) is 0 Å². The normalized spacial score (nSPS) is 17.8. The molecule has 1 aromatic carbocycles. The van der Waals surface area contributed by atoms with Gasteiger partial charge in [-0.15, -0.1) is 11.8 Å². The van der Waals surface area contributed by atoms with E-state index in [-0.39, 0.29) is 90.4 Å². The number of aromatic nitrogens is 4. The van der Waals surface area contributed by atoms with E-state index in [0.29, 0.717) is 48.9 Å². The number of rotatable bonds is 32. The summed E-state index contributed by atoms with van der Waals surface area (Å²) in [5, 5.41) is 28.1. The van der Waals surface area contributed by atoms with Crippen molar-refractivity contribution in [1.29, 1.82) is 0 Å². The summed E-state index contributed by atoms with van der Waals surface area (Å²) in [5.41, 5.74) is 7.92. The SMILES string of the molecule is CCCNc1nc(N)c2nc(O)n(Cc3ccc(C(=O)NCC(=O)NCCCCNCCCNC(=O)C4CCC(CN5C(=O)CC(SCC(=O)NC(C)CCCCCCC(C)CC)C5=O)CC4)cc3)c2n1. The van der Waals surface area contributed by atoms with E-state index in [1.807, 2.05) is 13.8 Å². The van der Waals surface area contributed by atoms with Crippen LogP contribution in [0.3, 0.4) is 0 Å². The number of aromatic hydroxyl groups is 1. The van der Waals surface area contributed by atoms with Gasteiger partial charge in [0.2, 0.25) is 35.5 Å². The molecule has 9 N–H and O–H groups in total. The number of likely N-dealkylation sites (tertiary alicyclic amines) is 1. The Morgan fingerprint density at radius 3 is 2.25 bits per heavy atom. The van der Waals surface area contributed by atoms with Gasteiger partial charge in [0.25, 0.3) is 11.9 Å². The van der Waals surface area contributed by atoms with E-state index in [1.54, 1.807) is 24.3 Å². The zero-order chi connectivity index (χ0) is 51.1. The van der Waals surface area contributed by atoms with Gasteiger partial charge in [0.05, 0.1) is 24.1 Å². The van der Waals surface area contributed by atoms with Crippen LogP contribution in [0.5, 0.6) is 6.01 Å². The molecule has 1 aliphatic carbocycles. The second-order valence-corrected chi connectivity index (χ2v) is 20.6. The summed E-state index contributed by atoms with van der Waals surface area (Å²) < 4.78 is 1.52. The molecule has 1 saturated heterocycles. The predicted molar refractivity (Wildman–Crippen MR) is 279 cm³/mol. The first-order valence-corrected chi connectivity index (χ1v) is 27.1. The first-order chi connectivity index (χ1) is 34.3. The topological polar surface area (TPSA) is 268 Å². The van der Waals surface area contributed by atoms with Crippen LogP contribution in [0.25, 0.3) is 11.2 Å². The van der Waals surface area contributed by atoms with E-state index in [0.717, 1.165) is 88.8 Å². The summed E-state index contributed by atoms with van der Waals surface area (Å²) in [5.74, 6) is 0.478. The number of unbranched alkanes of at least 4 members (excludes halogenated alkanes) is 4. The Labute approximate surface area is 423 Å². The Bertz CT molecular complexity index is 2200. The number of hydrogen-bond acceptors (Lipinski definition) is 14. The van der Waals surface area contributed by atoms with Crippen LogP contribution >= 0.6 is 11.8 Å². The van der Waals surface area contributed by atoms with E-state index in [9.17, 15) is 33.9 Å². The maximum Gasteiger partial charge on any atom is 0.296 e. The van der Waals surface area contributed by atoms with Crippen molar-refractivity contribution in [1.82, 2.24) is 51.0 Å². The fraction of sp³-hybridized carbons (Fsp3) is 0.667. The van der Waals surface area contributed by atoms with E-state index < -0.39 is 5.25 Å². The van der Waals surface area contributed by atoms with Gasteiger partial charge in [0.1, 0.15) is 0 Å². The number of nitrogens with one attached hydrogen (secondary N) is 6. The molecule has 71 heavy (non-hydrogen) atoms. The molecule has 20 heteroatoms. The lowest BCUT2D eigenvalue weighted by atomic mass is 9.81. The van der Waals surface area contributed by atoms with Gasteiger partial charge in [-0.3, -0.25) is 38.2 Å². The molecule has 3 heterocycles. The lowest BCUT2D eigenvalue weighted by Gasteiger charge is -2.30. The quantitative estimate of drug-likeness (QED) is 0.0293. The molecule has 0 spiro atoms. The van der Waals surface area contributed by atoms with Crippen molar-refractivity contribution < 1.29 is 33.9 Å². The van der Waals surface area contributed by atoms with Gasteiger partial charge in [-0.05, 0) is 107 Å². The Morgan fingerprint density at radius 1 is 0.817 bits per heavy atom. The maximum atomic E-state index is 13.2. The third-order valence-electron chi connectivity index (χ3n) is 13.5. The zero-order valence-corrected chi connectivity index (χ0v) is 43.3. The van der Waals surface area contributed by atoms with Crippen LogP contribution in [0.2, 0.25) is 0 Å². The van der Waals surface area contributed by atoms with Crippen LogP contribution in [0.15, 0.2) is 24.3 Å². The van der Waals surface area contributed by atoms with Crippen molar-refractivity contribution >= 4 is 70.1 Å². The third kappa shape index (κ3) is 18.6. The standard InChI is InChI=1S/C51H80N12O7S/c1-5-24-56-50-60-45(52)44-46(61-50)63(51(70)59-44)32-37-18-22-39(23-19-37)48(68)57-30-41(64)54-27-12-11-25-53-26-13-28-55-47(67)38-20-16-36(17-21-38)31-62-43(66)29-40(49(62)69)71-33-42(65)58-35(4)15-10-8-7-9-14-34(3)6-2/h18-19,22-23,34-36,38,40,53H,5-17,20-21,24-33H2,1-4H3,(H,54,64)(H,55,67)(H,57,68)(H,58,65)(H,59,70)(H3,52,56,60,61). The Morgan fingerprint density at radius 2 is 1.52 bits per heavy atom. The molecule has 2 fully saturated rings. The van der Waals surface area contributed by atoms with E-state index in [4.69, 9.17) is 5.73 Å². The average molecular weight is 1010 g/mol. The largest absolute Gasteiger partial charge is 0.480 e. The molecule has 6 amide bonds. The number of benzene rings is 1. The molecule has 0 radical (unpaired) electrons. The third-order valence-corrected chi connectivity index (χ3v) is 14.7. The lowest BCUT2D eigenvalue weighted by molar-refractivity contribution is -0.139. The average Bonchev–Trinajstić information content (AvgIpc) is 3.82. The first kappa shape index (κ1) is 56.4. The number of anilines is 2. The Balaban J connectivity index is 0.846. The van der Waals surface area contributed by atoms with Crippen molar-refractivity contribution in [2.24, 2.45) is 17.8 Å². The molecule has 2 aromatic heterocycles. The number of carbonyl (C=O) groups excluding carboxylic acids is 6. The number of imide groups is 1. The van der Waals surface area contributed by atoms with Crippen LogP contribution in [0.1, 0.15) is 146 Å². The van der Waals surface area contributed by atoms with Crippen LogP contribution in [0.4, 0.5) is 11.8 Å². The van der Waals surface area contributed by atoms with Crippen molar-refractivity contribution in [3.05, 3.63) is 35.4 Å². The number of amides is 6. The molecular formula is C51H80N12O7S. The fourth-order valence-electron chi connectivity index (χ4n) is 8.94. The highest BCUT2D eigenvalue weighted by Crippen LogP contribution is 2.33. The minimum atomic E-state index is -0.520. The van der Waals surface area contributed by atoms with Crippen molar-refractivity contribution in [2.45, 2.75) is 148 Å². The van der Waals surface area contributed by atoms with Crippen LogP contribution < -0.4 is 37.6 Å². The summed E-state index contributed by atoms with van der Waals surface area (Å²) in [6.07, 6.45) is 14.6. The van der Waals surface area contributed by atoms with Crippen molar-refractivity contribution in [3.63, 3.8) is 0 Å². The molecular weight excluding hydrogens is 925 g/mol. The Hall–Kier alpha value is -5.50. The van der Waals surface area contributed by atoms with E-state index in [1.165, 1.54) is 53.3 Å². The first-order valence-electron chi connectivity index (χ1n) is 26.1. The van der Waals surface area contributed by atoms with Gasteiger partial charge < -0.3 is 42.7 Å². The predicted octanol–water partition coefficient (Wildman–Crippen LogP) is 5.26. The summed E-state index contributed by atoms with van der Waals surface area (Å²) in [6.45, 7) is 12.3. The van der Waals surface area contributed by atoms with Crippen LogP contribution in [0, 0.1) is 17.8 Å². The molecule has 392 valence electrons. The van der Waals surface area contributed by atoms with E-state index in [2.05, 4.69) is 60.7 Å². The van der Waals surface area contributed by atoms with E-state index >= 15 is 0 Å². The van der Waals surface area contributed by atoms with Gasteiger partial charge >= 0.3 is 0 Å². The van der Waals surface area contributed by atoms with Crippen LogP contribution in [-0.4, -0.2) is 128 Å². The summed E-state index contributed by atoms with van der Waals surface area (Å²) in [7, 11) is 0. The van der Waals surface area contributed by atoms with Crippen molar-refractivity contribution in [2.75, 3.05) is 62.6 Å². The minimum Gasteiger partial charge on any atom is -0.480 e. The molecule has 1 saturated carbocycles.